The van der Waals surface area contributed by atoms with Crippen molar-refractivity contribution < 1.29 is 14.7 Å². The zero-order chi connectivity index (χ0) is 15.1. The minimum absolute atomic E-state index is 0.143. The molecule has 0 aliphatic rings. The van der Waals surface area contributed by atoms with Gasteiger partial charge in [-0.25, -0.2) is 0 Å². The number of carbonyl (C=O) groups is 2. The molecule has 1 rings (SSSR count). The second kappa shape index (κ2) is 7.94. The van der Waals surface area contributed by atoms with E-state index in [1.807, 2.05) is 44.2 Å². The molecule has 0 aliphatic heterocycles. The van der Waals surface area contributed by atoms with Gasteiger partial charge in [-0.05, 0) is 18.4 Å². The van der Waals surface area contributed by atoms with Gasteiger partial charge >= 0.3 is 5.97 Å². The molecule has 0 aromatic heterocycles. The molecule has 20 heavy (non-hydrogen) atoms. The van der Waals surface area contributed by atoms with Crippen molar-refractivity contribution in [3.63, 3.8) is 0 Å². The van der Waals surface area contributed by atoms with E-state index < -0.39 is 12.0 Å². The normalized spacial score (nSPS) is 13.8. The highest BCUT2D eigenvalue weighted by Gasteiger charge is 2.25. The van der Waals surface area contributed by atoms with Gasteiger partial charge in [0, 0.05) is 5.75 Å². The van der Waals surface area contributed by atoms with Gasteiger partial charge in [0.25, 0.3) is 0 Å². The Kier molecular flexibility index (Phi) is 6.58. The Hall–Kier alpha value is -1.49. The third kappa shape index (κ3) is 5.25. The summed E-state index contributed by atoms with van der Waals surface area (Å²) >= 11 is 1.54. The van der Waals surface area contributed by atoms with Gasteiger partial charge in [-0.1, -0.05) is 44.2 Å². The largest absolute Gasteiger partial charge is 0.480 e. The summed E-state index contributed by atoms with van der Waals surface area (Å²) in [7, 11) is 0. The minimum Gasteiger partial charge on any atom is -0.480 e. The SMILES string of the molecule is CC(NC(=O)C(SCc1ccccc1)C(C)C)C(=O)O. The molecule has 1 aromatic carbocycles. The van der Waals surface area contributed by atoms with Gasteiger partial charge in [0.2, 0.25) is 5.91 Å². The van der Waals surface area contributed by atoms with Crippen molar-refractivity contribution in [2.45, 2.75) is 37.8 Å². The van der Waals surface area contributed by atoms with Crippen LogP contribution in [0.3, 0.4) is 0 Å². The maximum atomic E-state index is 12.1. The predicted octanol–water partition coefficient (Wildman–Crippen LogP) is 2.53. The van der Waals surface area contributed by atoms with Crippen LogP contribution in [0.4, 0.5) is 0 Å². The Morgan fingerprint density at radius 1 is 1.20 bits per heavy atom. The van der Waals surface area contributed by atoms with E-state index >= 15 is 0 Å². The first-order chi connectivity index (χ1) is 9.41. The molecule has 2 unspecified atom stereocenters. The fourth-order valence-corrected chi connectivity index (χ4v) is 2.86. The molecule has 2 atom stereocenters. The van der Waals surface area contributed by atoms with E-state index in [9.17, 15) is 9.59 Å². The molecule has 0 fully saturated rings. The van der Waals surface area contributed by atoms with Crippen molar-refractivity contribution >= 4 is 23.6 Å². The summed E-state index contributed by atoms with van der Waals surface area (Å²) in [6.07, 6.45) is 0. The number of rotatable bonds is 7. The zero-order valence-electron chi connectivity index (χ0n) is 12.0. The first-order valence-electron chi connectivity index (χ1n) is 6.60. The lowest BCUT2D eigenvalue weighted by molar-refractivity contribution is -0.141. The topological polar surface area (TPSA) is 66.4 Å². The molecule has 4 nitrogen and oxygen atoms in total. The fraction of sp³-hybridized carbons (Fsp3) is 0.467. The monoisotopic (exact) mass is 295 g/mol. The third-order valence-corrected chi connectivity index (χ3v) is 4.48. The zero-order valence-corrected chi connectivity index (χ0v) is 12.8. The summed E-state index contributed by atoms with van der Waals surface area (Å²) < 4.78 is 0. The number of amides is 1. The third-order valence-electron chi connectivity index (χ3n) is 2.87. The van der Waals surface area contributed by atoms with E-state index in [1.165, 1.54) is 18.7 Å². The standard InChI is InChI=1S/C15H21NO3S/c1-10(2)13(14(17)16-11(3)15(18)19)20-9-12-7-5-4-6-8-12/h4-8,10-11,13H,9H2,1-3H3,(H,16,17)(H,18,19). The minimum atomic E-state index is -1.02. The van der Waals surface area contributed by atoms with Crippen molar-refractivity contribution in [1.29, 1.82) is 0 Å². The molecule has 0 spiro atoms. The lowest BCUT2D eigenvalue weighted by Gasteiger charge is -2.21. The summed E-state index contributed by atoms with van der Waals surface area (Å²) in [5.74, 6) is -0.354. The summed E-state index contributed by atoms with van der Waals surface area (Å²) in [6, 6.07) is 9.06. The average Bonchev–Trinajstić information content (AvgIpc) is 2.39. The fourth-order valence-electron chi connectivity index (χ4n) is 1.69. The van der Waals surface area contributed by atoms with Crippen molar-refractivity contribution in [3.8, 4) is 0 Å². The molecule has 0 saturated carbocycles. The number of aliphatic carboxylic acids is 1. The highest BCUT2D eigenvalue weighted by atomic mass is 32.2. The summed E-state index contributed by atoms with van der Waals surface area (Å²) in [5, 5.41) is 11.1. The van der Waals surface area contributed by atoms with Crippen LogP contribution in [0.2, 0.25) is 0 Å². The molecule has 5 heteroatoms. The van der Waals surface area contributed by atoms with Crippen LogP contribution in [0.5, 0.6) is 0 Å². The maximum Gasteiger partial charge on any atom is 0.325 e. The van der Waals surface area contributed by atoms with E-state index in [1.54, 1.807) is 0 Å². The number of thioether (sulfide) groups is 1. The highest BCUT2D eigenvalue weighted by molar-refractivity contribution is 7.99. The van der Waals surface area contributed by atoms with Gasteiger partial charge < -0.3 is 10.4 Å². The van der Waals surface area contributed by atoms with Gasteiger partial charge in [-0.15, -0.1) is 11.8 Å². The molecular formula is C15H21NO3S. The number of carboxylic acids is 1. The molecule has 2 N–H and O–H groups in total. The molecule has 1 aromatic rings. The number of carboxylic acid groups (broad SMARTS) is 1. The Morgan fingerprint density at radius 2 is 1.80 bits per heavy atom. The molecule has 0 heterocycles. The van der Waals surface area contributed by atoms with Gasteiger partial charge in [0.1, 0.15) is 6.04 Å². The second-order valence-corrected chi connectivity index (χ2v) is 6.16. The van der Waals surface area contributed by atoms with Crippen LogP contribution >= 0.6 is 11.8 Å². The number of carbonyl (C=O) groups excluding carboxylic acids is 1. The van der Waals surface area contributed by atoms with Gasteiger partial charge in [-0.3, -0.25) is 9.59 Å². The van der Waals surface area contributed by atoms with E-state index in [0.29, 0.717) is 0 Å². The van der Waals surface area contributed by atoms with Crippen LogP contribution in [0.25, 0.3) is 0 Å². The predicted molar refractivity (Wildman–Crippen MR) is 81.6 cm³/mol. The molecule has 0 saturated heterocycles. The van der Waals surface area contributed by atoms with E-state index in [0.717, 1.165) is 11.3 Å². The summed E-state index contributed by atoms with van der Waals surface area (Å²) in [5.41, 5.74) is 1.15. The Labute approximate surface area is 124 Å². The first-order valence-corrected chi connectivity index (χ1v) is 7.65. The van der Waals surface area contributed by atoms with E-state index in [-0.39, 0.29) is 17.1 Å². The van der Waals surface area contributed by atoms with Crippen molar-refractivity contribution in [2.24, 2.45) is 5.92 Å². The summed E-state index contributed by atoms with van der Waals surface area (Å²) in [4.78, 5) is 22.9. The molecule has 0 aliphatic carbocycles. The number of hydrogen-bond donors (Lipinski definition) is 2. The second-order valence-electron chi connectivity index (χ2n) is 5.03. The highest BCUT2D eigenvalue weighted by Crippen LogP contribution is 2.24. The first kappa shape index (κ1) is 16.6. The quantitative estimate of drug-likeness (QED) is 0.811. The number of benzene rings is 1. The molecule has 1 amide bonds. The van der Waals surface area contributed by atoms with Crippen LogP contribution in [0.1, 0.15) is 26.3 Å². The number of nitrogens with one attached hydrogen (secondary N) is 1. The van der Waals surface area contributed by atoms with Gasteiger partial charge in [-0.2, -0.15) is 0 Å². The van der Waals surface area contributed by atoms with Crippen LogP contribution in [-0.4, -0.2) is 28.3 Å². The van der Waals surface area contributed by atoms with Gasteiger partial charge in [0.05, 0.1) is 5.25 Å². The van der Waals surface area contributed by atoms with Crippen LogP contribution in [0, 0.1) is 5.92 Å². The maximum absolute atomic E-state index is 12.1. The van der Waals surface area contributed by atoms with E-state index in [2.05, 4.69) is 5.32 Å². The summed E-state index contributed by atoms with van der Waals surface area (Å²) in [6.45, 7) is 5.40. The molecular weight excluding hydrogens is 274 g/mol. The molecule has 110 valence electrons. The van der Waals surface area contributed by atoms with Crippen molar-refractivity contribution in [3.05, 3.63) is 35.9 Å². The lowest BCUT2D eigenvalue weighted by atomic mass is 10.1. The van der Waals surface area contributed by atoms with Crippen molar-refractivity contribution in [2.75, 3.05) is 0 Å². The van der Waals surface area contributed by atoms with Crippen LogP contribution in [0.15, 0.2) is 30.3 Å². The van der Waals surface area contributed by atoms with Gasteiger partial charge in [0.15, 0.2) is 0 Å². The Balaban J connectivity index is 2.60. The molecule has 0 bridgehead atoms. The average molecular weight is 295 g/mol. The molecule has 0 radical (unpaired) electrons. The van der Waals surface area contributed by atoms with Crippen LogP contribution < -0.4 is 5.32 Å². The van der Waals surface area contributed by atoms with Crippen LogP contribution in [-0.2, 0) is 15.3 Å². The number of hydrogen-bond acceptors (Lipinski definition) is 3. The Morgan fingerprint density at radius 3 is 2.30 bits per heavy atom. The van der Waals surface area contributed by atoms with E-state index in [4.69, 9.17) is 5.11 Å². The Bertz CT molecular complexity index is 448. The smallest absolute Gasteiger partial charge is 0.325 e. The lowest BCUT2D eigenvalue weighted by Crippen LogP contribution is -2.44. The van der Waals surface area contributed by atoms with Crippen molar-refractivity contribution in [1.82, 2.24) is 5.32 Å².